The second-order valence-corrected chi connectivity index (χ2v) is 5.86. The fourth-order valence-corrected chi connectivity index (χ4v) is 2.50. The Balaban J connectivity index is 2.93. The fraction of sp³-hybridized carbons (Fsp3) is 0.923. The van der Waals surface area contributed by atoms with E-state index in [1.807, 2.05) is 6.92 Å². The number of aliphatic hydroxyl groups is 4. The van der Waals surface area contributed by atoms with Crippen LogP contribution in [0.3, 0.4) is 0 Å². The van der Waals surface area contributed by atoms with Gasteiger partial charge in [0.05, 0.1) is 18.4 Å². The summed E-state index contributed by atoms with van der Waals surface area (Å²) in [6.45, 7) is 1.49. The van der Waals surface area contributed by atoms with Gasteiger partial charge in [-0.2, -0.15) is 5.01 Å². The van der Waals surface area contributed by atoms with E-state index in [1.165, 1.54) is 0 Å². The molecule has 0 aromatic heterocycles. The number of halogens is 1. The summed E-state index contributed by atoms with van der Waals surface area (Å²) in [5.74, 6) is -0.0251. The normalized spacial score (nSPS) is 28.2. The number of carbonyl (C=O) groups is 1. The second kappa shape index (κ2) is 10.1. The first-order valence-corrected chi connectivity index (χ1v) is 8.23. The van der Waals surface area contributed by atoms with Gasteiger partial charge in [0.2, 0.25) is 0 Å². The zero-order valence-electron chi connectivity index (χ0n) is 13.4. The minimum atomic E-state index is -1.64. The molecule has 1 aliphatic heterocycles. The lowest BCUT2D eigenvalue weighted by atomic mass is 9.98. The highest BCUT2D eigenvalue weighted by atomic mass is 35.5. The molecule has 11 heteroatoms. The average Bonchev–Trinajstić information content (AvgIpc) is 2.57. The van der Waals surface area contributed by atoms with Crippen molar-refractivity contribution >= 4 is 17.6 Å². The van der Waals surface area contributed by atoms with Gasteiger partial charge in [-0.1, -0.05) is 13.3 Å². The number of unbranched alkanes of at least 4 members (excludes halogenated alkanes) is 1. The third-order valence-electron chi connectivity index (χ3n) is 3.77. The van der Waals surface area contributed by atoms with Crippen molar-refractivity contribution < 1.29 is 30.0 Å². The van der Waals surface area contributed by atoms with Crippen LogP contribution in [0.5, 0.6) is 0 Å². The molecular formula is C13H24ClN3O7. The number of alkyl halides is 1. The molecule has 0 saturated carbocycles. The van der Waals surface area contributed by atoms with Crippen LogP contribution >= 0.6 is 11.6 Å². The van der Waals surface area contributed by atoms with E-state index in [-0.39, 0.29) is 25.6 Å². The summed E-state index contributed by atoms with van der Waals surface area (Å²) in [7, 11) is 0. The van der Waals surface area contributed by atoms with Gasteiger partial charge in [-0.05, 0) is 6.42 Å². The Morgan fingerprint density at radius 1 is 1.33 bits per heavy atom. The Bertz CT molecular complexity index is 417. The lowest BCUT2D eigenvalue weighted by molar-refractivity contribution is -0.227. The smallest absolute Gasteiger partial charge is 0.345 e. The molecule has 1 rings (SSSR count). The lowest BCUT2D eigenvalue weighted by Gasteiger charge is -2.41. The van der Waals surface area contributed by atoms with Crippen molar-refractivity contribution in [2.24, 2.45) is 5.29 Å². The lowest BCUT2D eigenvalue weighted by Crippen LogP contribution is -2.62. The van der Waals surface area contributed by atoms with Crippen LogP contribution in [0, 0.1) is 4.91 Å². The highest BCUT2D eigenvalue weighted by molar-refractivity contribution is 6.18. The first-order valence-electron chi connectivity index (χ1n) is 7.70. The molecule has 4 N–H and O–H groups in total. The Labute approximate surface area is 144 Å². The molecule has 0 aromatic carbocycles. The number of rotatable bonds is 8. The van der Waals surface area contributed by atoms with Crippen molar-refractivity contribution in [1.82, 2.24) is 9.91 Å². The zero-order valence-corrected chi connectivity index (χ0v) is 14.1. The Hall–Kier alpha value is -1.04. The van der Waals surface area contributed by atoms with Crippen molar-refractivity contribution in [3.63, 3.8) is 0 Å². The SMILES string of the molecule is CCCCN(C(=O)N(CCCl)N=O)C(O)[C@H]1OC[C@H](O)[C@@H](O)[C@@H]1O. The van der Waals surface area contributed by atoms with Crippen LogP contribution < -0.4 is 0 Å². The molecular weight excluding hydrogens is 346 g/mol. The largest absolute Gasteiger partial charge is 0.388 e. The van der Waals surface area contributed by atoms with Gasteiger partial charge < -0.3 is 25.2 Å². The van der Waals surface area contributed by atoms with Gasteiger partial charge in [-0.15, -0.1) is 16.5 Å². The van der Waals surface area contributed by atoms with Crippen molar-refractivity contribution in [2.75, 3.05) is 25.6 Å². The van der Waals surface area contributed by atoms with E-state index < -0.39 is 36.7 Å². The van der Waals surface area contributed by atoms with E-state index in [1.54, 1.807) is 0 Å². The summed E-state index contributed by atoms with van der Waals surface area (Å²) in [5.41, 5.74) is 0. The number of urea groups is 1. The van der Waals surface area contributed by atoms with Gasteiger partial charge >= 0.3 is 6.03 Å². The molecule has 0 radical (unpaired) electrons. The zero-order chi connectivity index (χ0) is 18.3. The molecule has 1 heterocycles. The van der Waals surface area contributed by atoms with Crippen LogP contribution in [-0.2, 0) is 4.74 Å². The molecule has 2 amide bonds. The molecule has 0 aliphatic carbocycles. The number of amides is 2. The second-order valence-electron chi connectivity index (χ2n) is 5.48. The molecule has 0 spiro atoms. The van der Waals surface area contributed by atoms with Crippen LogP contribution in [0.15, 0.2) is 5.29 Å². The molecule has 0 aromatic rings. The van der Waals surface area contributed by atoms with Crippen molar-refractivity contribution in [2.45, 2.75) is 50.4 Å². The third-order valence-corrected chi connectivity index (χ3v) is 3.94. The van der Waals surface area contributed by atoms with Gasteiger partial charge in [0.15, 0.2) is 6.23 Å². The van der Waals surface area contributed by atoms with Crippen molar-refractivity contribution in [3.05, 3.63) is 4.91 Å². The van der Waals surface area contributed by atoms with Gasteiger partial charge in [-0.3, -0.25) is 4.90 Å². The van der Waals surface area contributed by atoms with Gasteiger partial charge in [0, 0.05) is 12.4 Å². The summed E-state index contributed by atoms with van der Waals surface area (Å²) in [6, 6.07) is -0.886. The number of hydrogen-bond acceptors (Lipinski definition) is 8. The fourth-order valence-electron chi connectivity index (χ4n) is 2.34. The number of ether oxygens (including phenoxy) is 1. The summed E-state index contributed by atoms with van der Waals surface area (Å²) < 4.78 is 5.16. The quantitative estimate of drug-likeness (QED) is 0.190. The predicted molar refractivity (Wildman–Crippen MR) is 84.0 cm³/mol. The van der Waals surface area contributed by atoms with Crippen LogP contribution in [-0.4, -0.2) is 92.6 Å². The molecule has 24 heavy (non-hydrogen) atoms. The van der Waals surface area contributed by atoms with Gasteiger partial charge in [-0.25, -0.2) is 4.79 Å². The molecule has 1 saturated heterocycles. The van der Waals surface area contributed by atoms with Crippen LogP contribution in [0.4, 0.5) is 4.79 Å². The summed E-state index contributed by atoms with van der Waals surface area (Å²) in [4.78, 5) is 24.1. The molecule has 1 aliphatic rings. The number of carbonyl (C=O) groups excluding carboxylic acids is 1. The van der Waals surface area contributed by atoms with E-state index >= 15 is 0 Å². The average molecular weight is 370 g/mol. The molecule has 140 valence electrons. The monoisotopic (exact) mass is 369 g/mol. The predicted octanol–water partition coefficient (Wildman–Crippen LogP) is -0.769. The van der Waals surface area contributed by atoms with Crippen LogP contribution in [0.1, 0.15) is 19.8 Å². The van der Waals surface area contributed by atoms with Crippen molar-refractivity contribution in [1.29, 1.82) is 0 Å². The molecule has 1 fully saturated rings. The minimum Gasteiger partial charge on any atom is -0.388 e. The topological polar surface area (TPSA) is 143 Å². The number of aliphatic hydroxyl groups excluding tert-OH is 4. The third kappa shape index (κ3) is 4.98. The van der Waals surface area contributed by atoms with Gasteiger partial charge in [0.25, 0.3) is 0 Å². The van der Waals surface area contributed by atoms with Crippen LogP contribution in [0.25, 0.3) is 0 Å². The van der Waals surface area contributed by atoms with Crippen molar-refractivity contribution in [3.8, 4) is 0 Å². The van der Waals surface area contributed by atoms with E-state index in [0.29, 0.717) is 17.9 Å². The Morgan fingerprint density at radius 2 is 2.00 bits per heavy atom. The number of nitrogens with zero attached hydrogens (tertiary/aromatic N) is 3. The first kappa shape index (κ1) is 21.0. The first-order chi connectivity index (χ1) is 11.4. The summed E-state index contributed by atoms with van der Waals surface area (Å²) in [5, 5.41) is 42.7. The van der Waals surface area contributed by atoms with Crippen LogP contribution in [0.2, 0.25) is 0 Å². The maximum Gasteiger partial charge on any atom is 0.345 e. The Kier molecular flexibility index (Phi) is 8.81. The molecule has 1 unspecified atom stereocenters. The number of nitroso groups, excluding NO2 is 1. The van der Waals surface area contributed by atoms with E-state index in [9.17, 15) is 30.1 Å². The molecule has 5 atom stereocenters. The highest BCUT2D eigenvalue weighted by Gasteiger charge is 2.44. The van der Waals surface area contributed by atoms with Gasteiger partial charge in [0.1, 0.15) is 24.4 Å². The molecule has 10 nitrogen and oxygen atoms in total. The van der Waals surface area contributed by atoms with E-state index in [0.717, 1.165) is 4.90 Å². The molecule has 0 bridgehead atoms. The maximum atomic E-state index is 12.4. The van der Waals surface area contributed by atoms with E-state index in [4.69, 9.17) is 16.3 Å². The summed E-state index contributed by atoms with van der Waals surface area (Å²) in [6.07, 6.45) is -6.18. The van der Waals surface area contributed by atoms with E-state index in [2.05, 4.69) is 5.29 Å². The highest BCUT2D eigenvalue weighted by Crippen LogP contribution is 2.21. The minimum absolute atomic E-state index is 0.0251. The summed E-state index contributed by atoms with van der Waals surface area (Å²) >= 11 is 5.52. The number of hydrogen-bond donors (Lipinski definition) is 4. The maximum absolute atomic E-state index is 12.4. The standard InChI is InChI=1S/C13H24ClN3O7/c1-2-3-5-16(13(22)17(15-23)6-4-14)12(21)11-10(20)9(19)8(18)7-24-11/h8-12,18-21H,2-7H2,1H3/t8-,9+,10-,11-,12?/m0/s1. The Morgan fingerprint density at radius 3 is 2.54 bits per heavy atom.